The van der Waals surface area contributed by atoms with E-state index in [2.05, 4.69) is 45.1 Å². The first-order chi connectivity index (χ1) is 14.7. The molecule has 0 radical (unpaired) electrons. The van der Waals surface area contributed by atoms with Crippen LogP contribution in [-0.4, -0.2) is 60.8 Å². The van der Waals surface area contributed by atoms with Crippen molar-refractivity contribution in [3.63, 3.8) is 0 Å². The molecule has 6 heteroatoms. The van der Waals surface area contributed by atoms with Crippen molar-refractivity contribution in [2.24, 2.45) is 0 Å². The summed E-state index contributed by atoms with van der Waals surface area (Å²) in [4.78, 5) is 14.8. The average Bonchev–Trinajstić information content (AvgIpc) is 2.78. The number of fused-ring (bicyclic) bond motifs is 1. The summed E-state index contributed by atoms with van der Waals surface area (Å²) in [6.07, 6.45) is 2.59. The molecular weight excluding hydrogens is 376 g/mol. The molecule has 0 saturated carbocycles. The predicted molar refractivity (Wildman–Crippen MR) is 120 cm³/mol. The summed E-state index contributed by atoms with van der Waals surface area (Å²) in [5.41, 5.74) is 4.32. The molecule has 1 saturated heterocycles. The summed E-state index contributed by atoms with van der Waals surface area (Å²) in [6, 6.07) is 16.5. The Morgan fingerprint density at radius 1 is 1.13 bits per heavy atom. The Morgan fingerprint density at radius 3 is 2.77 bits per heavy atom. The van der Waals surface area contributed by atoms with Gasteiger partial charge in [0.2, 0.25) is 0 Å². The molecule has 1 fully saturated rings. The normalized spacial score (nSPS) is 18.4. The van der Waals surface area contributed by atoms with Gasteiger partial charge >= 0.3 is 0 Å². The maximum absolute atomic E-state index is 12.6. The van der Waals surface area contributed by atoms with Crippen LogP contribution in [0.4, 0.5) is 5.69 Å². The Hall–Kier alpha value is -2.41. The highest BCUT2D eigenvalue weighted by molar-refractivity contribution is 5.95. The molecule has 1 unspecified atom stereocenters. The predicted octanol–water partition coefficient (Wildman–Crippen LogP) is 2.00. The van der Waals surface area contributed by atoms with Gasteiger partial charge in [0.05, 0.1) is 6.10 Å². The summed E-state index contributed by atoms with van der Waals surface area (Å²) in [5, 5.41) is 20.2. The van der Waals surface area contributed by atoms with E-state index in [1.54, 1.807) is 0 Å². The molecular formula is C24H32N4O2. The van der Waals surface area contributed by atoms with E-state index in [-0.39, 0.29) is 12.5 Å². The van der Waals surface area contributed by atoms with Gasteiger partial charge in [-0.25, -0.2) is 0 Å². The first kappa shape index (κ1) is 20.8. The van der Waals surface area contributed by atoms with Crippen molar-refractivity contribution in [3.05, 3.63) is 65.2 Å². The van der Waals surface area contributed by atoms with Crippen LogP contribution in [0.5, 0.6) is 0 Å². The van der Waals surface area contributed by atoms with E-state index >= 15 is 0 Å². The number of hydrogen-bond acceptors (Lipinski definition) is 5. The van der Waals surface area contributed by atoms with Crippen LogP contribution in [0, 0.1) is 0 Å². The molecule has 2 heterocycles. The fourth-order valence-corrected chi connectivity index (χ4v) is 4.34. The first-order valence-corrected chi connectivity index (χ1v) is 11.0. The van der Waals surface area contributed by atoms with Crippen LogP contribution < -0.4 is 16.0 Å². The number of β-amino-alcohol motifs (C(OH)–C–C–N with tert-alkyl or cyclic N) is 1. The molecule has 30 heavy (non-hydrogen) atoms. The number of carbonyl (C=O) groups excluding carboxylic acids is 1. The van der Waals surface area contributed by atoms with Gasteiger partial charge in [0.25, 0.3) is 5.91 Å². The number of aliphatic hydroxyl groups is 1. The van der Waals surface area contributed by atoms with Crippen LogP contribution in [0.2, 0.25) is 0 Å². The van der Waals surface area contributed by atoms with Gasteiger partial charge in [-0.2, -0.15) is 0 Å². The van der Waals surface area contributed by atoms with Crippen molar-refractivity contribution in [2.75, 3.05) is 38.0 Å². The number of carbonyl (C=O) groups is 1. The third kappa shape index (κ3) is 5.59. The molecule has 0 aromatic heterocycles. The second-order valence-corrected chi connectivity index (χ2v) is 8.37. The number of anilines is 1. The zero-order chi connectivity index (χ0) is 20.8. The van der Waals surface area contributed by atoms with E-state index in [0.717, 1.165) is 51.1 Å². The maximum Gasteiger partial charge on any atom is 0.251 e. The largest absolute Gasteiger partial charge is 0.390 e. The van der Waals surface area contributed by atoms with Crippen molar-refractivity contribution in [2.45, 2.75) is 38.0 Å². The summed E-state index contributed by atoms with van der Waals surface area (Å²) >= 11 is 0. The minimum Gasteiger partial charge on any atom is -0.390 e. The Balaban J connectivity index is 1.24. The zero-order valence-electron chi connectivity index (χ0n) is 17.4. The molecule has 2 aliphatic rings. The molecule has 2 aromatic carbocycles. The lowest BCUT2D eigenvalue weighted by molar-refractivity contribution is 0.0842. The third-order valence-electron chi connectivity index (χ3n) is 6.01. The molecule has 1 atom stereocenters. The topological polar surface area (TPSA) is 76.6 Å². The fraction of sp³-hybridized carbons (Fsp3) is 0.458. The highest BCUT2D eigenvalue weighted by Gasteiger charge is 2.19. The molecule has 4 N–H and O–H groups in total. The van der Waals surface area contributed by atoms with Crippen LogP contribution in [0.3, 0.4) is 0 Å². The van der Waals surface area contributed by atoms with Gasteiger partial charge in [-0.15, -0.1) is 0 Å². The van der Waals surface area contributed by atoms with Gasteiger partial charge in [-0.05, 0) is 61.7 Å². The Morgan fingerprint density at radius 2 is 1.93 bits per heavy atom. The summed E-state index contributed by atoms with van der Waals surface area (Å²) in [7, 11) is 0. The quantitative estimate of drug-likeness (QED) is 0.564. The molecule has 4 rings (SSSR count). The standard InChI is InChI=1S/C24H32N4O2/c29-23(17-28-13-10-18-4-1-2-5-20(18)16-28)15-26-24(30)19-6-3-7-22(14-19)27-21-8-11-25-12-9-21/h1-7,14,21,23,25,27,29H,8-13,15-17H2,(H,26,30). The van der Waals surface area contributed by atoms with Crippen LogP contribution in [0.1, 0.15) is 34.3 Å². The fourth-order valence-electron chi connectivity index (χ4n) is 4.34. The summed E-state index contributed by atoms with van der Waals surface area (Å²) < 4.78 is 0. The van der Waals surface area contributed by atoms with Gasteiger partial charge in [0.15, 0.2) is 0 Å². The van der Waals surface area contributed by atoms with Gasteiger partial charge in [0.1, 0.15) is 0 Å². The highest BCUT2D eigenvalue weighted by Crippen LogP contribution is 2.18. The number of hydrogen-bond donors (Lipinski definition) is 4. The minimum atomic E-state index is -0.588. The SMILES string of the molecule is O=C(NCC(O)CN1CCc2ccccc2C1)c1cccc(NC2CCNCC2)c1. The number of piperidine rings is 1. The van der Waals surface area contributed by atoms with Crippen LogP contribution in [0.15, 0.2) is 48.5 Å². The zero-order valence-corrected chi connectivity index (χ0v) is 17.4. The van der Waals surface area contributed by atoms with Gasteiger partial charge < -0.3 is 21.1 Å². The summed E-state index contributed by atoms with van der Waals surface area (Å²) in [6.45, 7) is 4.66. The van der Waals surface area contributed by atoms with E-state index in [1.165, 1.54) is 11.1 Å². The summed E-state index contributed by atoms with van der Waals surface area (Å²) in [5.74, 6) is -0.146. The lowest BCUT2D eigenvalue weighted by Crippen LogP contribution is -2.42. The van der Waals surface area contributed by atoms with E-state index in [1.807, 2.05) is 24.3 Å². The third-order valence-corrected chi connectivity index (χ3v) is 6.01. The minimum absolute atomic E-state index is 0.146. The van der Waals surface area contributed by atoms with Crippen molar-refractivity contribution < 1.29 is 9.90 Å². The molecule has 0 bridgehead atoms. The Labute approximate surface area is 178 Å². The monoisotopic (exact) mass is 408 g/mol. The van der Waals surface area contributed by atoms with Crippen LogP contribution in [0.25, 0.3) is 0 Å². The molecule has 6 nitrogen and oxygen atoms in total. The Kier molecular flexibility index (Phi) is 7.00. The molecule has 0 spiro atoms. The molecule has 0 aliphatic carbocycles. The number of benzene rings is 2. The average molecular weight is 409 g/mol. The number of nitrogens with one attached hydrogen (secondary N) is 3. The van der Waals surface area contributed by atoms with E-state index < -0.39 is 6.10 Å². The number of rotatable bonds is 7. The maximum atomic E-state index is 12.6. The number of aliphatic hydroxyl groups excluding tert-OH is 1. The van der Waals surface area contributed by atoms with E-state index in [9.17, 15) is 9.90 Å². The van der Waals surface area contributed by atoms with Crippen molar-refractivity contribution in [1.82, 2.24) is 15.5 Å². The smallest absolute Gasteiger partial charge is 0.251 e. The molecule has 160 valence electrons. The lowest BCUT2D eigenvalue weighted by Gasteiger charge is -2.30. The van der Waals surface area contributed by atoms with Crippen LogP contribution in [-0.2, 0) is 13.0 Å². The van der Waals surface area contributed by atoms with Crippen molar-refractivity contribution in [1.29, 1.82) is 0 Å². The van der Waals surface area contributed by atoms with E-state index in [4.69, 9.17) is 0 Å². The second-order valence-electron chi connectivity index (χ2n) is 8.37. The van der Waals surface area contributed by atoms with Gasteiger partial charge in [0, 0.05) is 43.5 Å². The van der Waals surface area contributed by atoms with Gasteiger partial charge in [-0.1, -0.05) is 30.3 Å². The van der Waals surface area contributed by atoms with Crippen molar-refractivity contribution in [3.8, 4) is 0 Å². The Bertz CT molecular complexity index is 851. The molecule has 1 amide bonds. The molecule has 2 aromatic rings. The highest BCUT2D eigenvalue weighted by atomic mass is 16.3. The first-order valence-electron chi connectivity index (χ1n) is 11.0. The van der Waals surface area contributed by atoms with Crippen molar-refractivity contribution >= 4 is 11.6 Å². The lowest BCUT2D eigenvalue weighted by atomic mass is 10.00. The van der Waals surface area contributed by atoms with Crippen LogP contribution >= 0.6 is 0 Å². The number of nitrogens with zero attached hydrogens (tertiary/aromatic N) is 1. The molecule has 2 aliphatic heterocycles. The van der Waals surface area contributed by atoms with Gasteiger partial charge in [-0.3, -0.25) is 9.69 Å². The van der Waals surface area contributed by atoms with E-state index in [0.29, 0.717) is 18.2 Å². The second kappa shape index (κ2) is 10.1. The number of amides is 1.